The van der Waals surface area contributed by atoms with Crippen molar-refractivity contribution in [1.82, 2.24) is 5.32 Å². The van der Waals surface area contributed by atoms with E-state index < -0.39 is 0 Å². The molecule has 2 aromatic rings. The largest absolute Gasteiger partial charge is 0.508 e. The van der Waals surface area contributed by atoms with E-state index in [4.69, 9.17) is 9.47 Å². The summed E-state index contributed by atoms with van der Waals surface area (Å²) in [5, 5.41) is 15.9. The van der Waals surface area contributed by atoms with Crippen LogP contribution in [0.5, 0.6) is 11.5 Å². The van der Waals surface area contributed by atoms with Gasteiger partial charge in [0.05, 0.1) is 6.61 Å². The van der Waals surface area contributed by atoms with E-state index in [1.54, 1.807) is 26.3 Å². The zero-order valence-corrected chi connectivity index (χ0v) is 18.8. The molecule has 0 aromatic heterocycles. The monoisotopic (exact) mass is 499 g/mol. The molecule has 0 heterocycles. The molecule has 0 aliphatic carbocycles. The fraction of sp³-hybridized carbons (Fsp3) is 0.381. The molecule has 3 N–H and O–H groups in total. The molecule has 0 bridgehead atoms. The Hall–Kier alpha value is -2.00. The van der Waals surface area contributed by atoms with E-state index in [1.807, 2.05) is 36.4 Å². The zero-order valence-electron chi connectivity index (χ0n) is 16.5. The third-order valence-corrected chi connectivity index (χ3v) is 3.95. The number of aromatic hydroxyl groups is 1. The molecule has 0 atom stereocenters. The highest BCUT2D eigenvalue weighted by Crippen LogP contribution is 2.17. The van der Waals surface area contributed by atoms with Gasteiger partial charge in [-0.2, -0.15) is 0 Å². The van der Waals surface area contributed by atoms with Crippen LogP contribution in [0.25, 0.3) is 0 Å². The number of anilines is 1. The molecular weight excluding hydrogens is 469 g/mol. The number of aliphatic imine (C=N–C) groups is 1. The second-order valence-corrected chi connectivity index (χ2v) is 6.12. The fourth-order valence-electron chi connectivity index (χ4n) is 2.53. The maximum absolute atomic E-state index is 9.31. The number of halogens is 1. The normalized spacial score (nSPS) is 10.9. The van der Waals surface area contributed by atoms with Crippen molar-refractivity contribution in [2.75, 3.05) is 39.2 Å². The number of benzene rings is 2. The maximum Gasteiger partial charge on any atom is 0.195 e. The van der Waals surface area contributed by atoms with E-state index in [9.17, 15) is 5.11 Å². The topological polar surface area (TPSA) is 75.1 Å². The van der Waals surface area contributed by atoms with Crippen LogP contribution in [-0.4, -0.2) is 45.0 Å². The van der Waals surface area contributed by atoms with E-state index in [2.05, 4.69) is 15.6 Å². The molecule has 7 heteroatoms. The summed E-state index contributed by atoms with van der Waals surface area (Å²) in [5.41, 5.74) is 2.13. The first kappa shape index (κ1) is 24.0. The summed E-state index contributed by atoms with van der Waals surface area (Å²) in [6.07, 6.45) is 2.77. The molecule has 28 heavy (non-hydrogen) atoms. The summed E-state index contributed by atoms with van der Waals surface area (Å²) in [4.78, 5) is 4.26. The highest BCUT2D eigenvalue weighted by Gasteiger charge is 2.02. The SMILES string of the molecule is CN=C(NCCCc1ccc(O)cc1)Nc1cccc(OCCCOC)c1.I. The van der Waals surface area contributed by atoms with Gasteiger partial charge in [0, 0.05) is 45.5 Å². The van der Waals surface area contributed by atoms with Gasteiger partial charge in [0.1, 0.15) is 11.5 Å². The van der Waals surface area contributed by atoms with Gasteiger partial charge >= 0.3 is 0 Å². The molecule has 0 aliphatic heterocycles. The van der Waals surface area contributed by atoms with Gasteiger partial charge in [-0.1, -0.05) is 18.2 Å². The number of nitrogens with zero attached hydrogens (tertiary/aromatic N) is 1. The molecule has 0 saturated heterocycles. The van der Waals surface area contributed by atoms with Gasteiger partial charge in [-0.15, -0.1) is 24.0 Å². The molecule has 0 unspecified atom stereocenters. The molecule has 0 amide bonds. The van der Waals surface area contributed by atoms with E-state index in [1.165, 1.54) is 5.56 Å². The minimum Gasteiger partial charge on any atom is -0.508 e. The van der Waals surface area contributed by atoms with Crippen LogP contribution in [0.3, 0.4) is 0 Å². The van der Waals surface area contributed by atoms with Crippen molar-refractivity contribution in [3.8, 4) is 11.5 Å². The average molecular weight is 499 g/mol. The molecule has 154 valence electrons. The maximum atomic E-state index is 9.31. The summed E-state index contributed by atoms with van der Waals surface area (Å²) < 4.78 is 10.7. The Morgan fingerprint density at radius 3 is 2.57 bits per heavy atom. The number of phenols is 1. The summed E-state index contributed by atoms with van der Waals surface area (Å²) in [7, 11) is 3.44. The second kappa shape index (κ2) is 14.1. The van der Waals surface area contributed by atoms with Gasteiger partial charge in [-0.25, -0.2) is 0 Å². The molecule has 0 saturated carbocycles. The Balaban J connectivity index is 0.00000392. The minimum absolute atomic E-state index is 0. The highest BCUT2D eigenvalue weighted by molar-refractivity contribution is 14.0. The van der Waals surface area contributed by atoms with Gasteiger partial charge in [-0.05, 0) is 42.7 Å². The van der Waals surface area contributed by atoms with Gasteiger partial charge in [0.2, 0.25) is 0 Å². The first-order valence-electron chi connectivity index (χ1n) is 9.18. The van der Waals surface area contributed by atoms with Crippen LogP contribution in [0.2, 0.25) is 0 Å². The number of hydrogen-bond acceptors (Lipinski definition) is 4. The Labute approximate surface area is 184 Å². The third-order valence-electron chi connectivity index (χ3n) is 3.95. The van der Waals surface area contributed by atoms with Crippen molar-refractivity contribution in [3.63, 3.8) is 0 Å². The smallest absolute Gasteiger partial charge is 0.195 e. The van der Waals surface area contributed by atoms with Crippen LogP contribution in [0.1, 0.15) is 18.4 Å². The zero-order chi connectivity index (χ0) is 19.3. The predicted molar refractivity (Wildman–Crippen MR) is 125 cm³/mol. The number of hydrogen-bond donors (Lipinski definition) is 3. The van der Waals surface area contributed by atoms with Gasteiger partial charge in [0.15, 0.2) is 5.96 Å². The van der Waals surface area contributed by atoms with Crippen LogP contribution >= 0.6 is 24.0 Å². The molecular formula is C21H30IN3O3. The van der Waals surface area contributed by atoms with Crippen molar-refractivity contribution in [2.45, 2.75) is 19.3 Å². The van der Waals surface area contributed by atoms with Gasteiger partial charge in [0.25, 0.3) is 0 Å². The molecule has 6 nitrogen and oxygen atoms in total. The quantitative estimate of drug-likeness (QED) is 0.199. The number of phenolic OH excluding ortho intramolecular Hbond substituents is 1. The highest BCUT2D eigenvalue weighted by atomic mass is 127. The van der Waals surface area contributed by atoms with Crippen LogP contribution in [0.15, 0.2) is 53.5 Å². The molecule has 0 radical (unpaired) electrons. The Kier molecular flexibility index (Phi) is 12.1. The van der Waals surface area contributed by atoms with Crippen molar-refractivity contribution >= 4 is 35.6 Å². The predicted octanol–water partition coefficient (Wildman–Crippen LogP) is 4.05. The second-order valence-electron chi connectivity index (χ2n) is 6.12. The standard InChI is InChI=1S/C21H29N3O3.HI/c1-22-21(23-13-4-6-17-9-11-19(25)12-10-17)24-18-7-3-8-20(16-18)27-15-5-14-26-2;/h3,7-12,16,25H,4-6,13-15H2,1-2H3,(H2,22,23,24);1H. The number of rotatable bonds is 10. The Bertz CT molecular complexity index is 708. The molecule has 0 spiro atoms. The molecule has 2 rings (SSSR count). The molecule has 0 aliphatic rings. The van der Waals surface area contributed by atoms with Crippen LogP contribution in [-0.2, 0) is 11.2 Å². The van der Waals surface area contributed by atoms with E-state index in [0.29, 0.717) is 19.0 Å². The first-order chi connectivity index (χ1) is 13.2. The van der Waals surface area contributed by atoms with Crippen LogP contribution < -0.4 is 15.4 Å². The lowest BCUT2D eigenvalue weighted by atomic mass is 10.1. The summed E-state index contributed by atoms with van der Waals surface area (Å²) in [5.74, 6) is 1.84. The van der Waals surface area contributed by atoms with Gasteiger partial charge < -0.3 is 25.2 Å². The average Bonchev–Trinajstić information content (AvgIpc) is 2.69. The van der Waals surface area contributed by atoms with Crippen molar-refractivity contribution in [1.29, 1.82) is 0 Å². The van der Waals surface area contributed by atoms with Crippen LogP contribution in [0.4, 0.5) is 5.69 Å². The molecule has 2 aromatic carbocycles. The summed E-state index contributed by atoms with van der Waals surface area (Å²) in [6, 6.07) is 15.1. The number of nitrogens with one attached hydrogen (secondary N) is 2. The van der Waals surface area contributed by atoms with Crippen molar-refractivity contribution < 1.29 is 14.6 Å². The Morgan fingerprint density at radius 1 is 1.07 bits per heavy atom. The fourth-order valence-corrected chi connectivity index (χ4v) is 2.53. The Morgan fingerprint density at radius 2 is 1.86 bits per heavy atom. The van der Waals surface area contributed by atoms with Crippen molar-refractivity contribution in [2.24, 2.45) is 4.99 Å². The van der Waals surface area contributed by atoms with Crippen LogP contribution in [0, 0.1) is 0 Å². The lowest BCUT2D eigenvalue weighted by Gasteiger charge is -2.13. The summed E-state index contributed by atoms with van der Waals surface area (Å²) in [6.45, 7) is 2.12. The lowest BCUT2D eigenvalue weighted by Crippen LogP contribution is -2.31. The lowest BCUT2D eigenvalue weighted by molar-refractivity contribution is 0.172. The number of ether oxygens (including phenoxy) is 2. The number of aryl methyl sites for hydroxylation is 1. The van der Waals surface area contributed by atoms with E-state index in [0.717, 1.165) is 43.2 Å². The minimum atomic E-state index is 0. The summed E-state index contributed by atoms with van der Waals surface area (Å²) >= 11 is 0. The number of methoxy groups -OCH3 is 1. The van der Waals surface area contributed by atoms with E-state index in [-0.39, 0.29) is 24.0 Å². The van der Waals surface area contributed by atoms with Crippen molar-refractivity contribution in [3.05, 3.63) is 54.1 Å². The van der Waals surface area contributed by atoms with Gasteiger partial charge in [-0.3, -0.25) is 4.99 Å². The first-order valence-corrected chi connectivity index (χ1v) is 9.18. The molecule has 0 fully saturated rings. The number of guanidine groups is 1. The third kappa shape index (κ3) is 9.27. The van der Waals surface area contributed by atoms with E-state index >= 15 is 0 Å².